The molecule has 0 saturated heterocycles. The zero-order valence-corrected chi connectivity index (χ0v) is 22.1. The van der Waals surface area contributed by atoms with E-state index in [-0.39, 0.29) is 0 Å². The number of nitrogens with one attached hydrogen (secondary N) is 2. The molecule has 0 aliphatic heterocycles. The number of aryl methyl sites for hydroxylation is 3. The lowest BCUT2D eigenvalue weighted by Crippen LogP contribution is -2.22. The van der Waals surface area contributed by atoms with Gasteiger partial charge in [-0.2, -0.15) is 0 Å². The van der Waals surface area contributed by atoms with Gasteiger partial charge < -0.3 is 22.1 Å². The summed E-state index contributed by atoms with van der Waals surface area (Å²) in [6.45, 7) is 8.98. The van der Waals surface area contributed by atoms with Gasteiger partial charge in [-0.05, 0) is 119 Å². The van der Waals surface area contributed by atoms with Crippen molar-refractivity contribution in [2.24, 2.45) is 11.5 Å². The van der Waals surface area contributed by atoms with Gasteiger partial charge >= 0.3 is 0 Å². The summed E-state index contributed by atoms with van der Waals surface area (Å²) >= 11 is 0. The summed E-state index contributed by atoms with van der Waals surface area (Å²) in [5.41, 5.74) is 20.9. The quantitative estimate of drug-likeness (QED) is 0.163. The third-order valence-electron chi connectivity index (χ3n) is 6.76. The number of benzene rings is 3. The van der Waals surface area contributed by atoms with Crippen LogP contribution in [0.4, 0.5) is 17.1 Å². The highest BCUT2D eigenvalue weighted by atomic mass is 15.4. The minimum Gasteiger partial charge on any atom is -0.381 e. The van der Waals surface area contributed by atoms with Crippen molar-refractivity contribution in [2.75, 3.05) is 23.7 Å². The van der Waals surface area contributed by atoms with Crippen molar-refractivity contribution in [1.29, 1.82) is 0 Å². The molecule has 0 fully saturated rings. The summed E-state index contributed by atoms with van der Waals surface area (Å²) in [6, 6.07) is 22.3. The number of unbranched alkanes of at least 4 members (excludes halogenated alkanes) is 2. The lowest BCUT2D eigenvalue weighted by molar-refractivity contribution is 0.514. The van der Waals surface area contributed by atoms with Crippen LogP contribution in [-0.2, 0) is 6.54 Å². The monoisotopic (exact) mass is 486 g/mol. The minimum absolute atomic E-state index is 0.390. The molecule has 36 heavy (non-hydrogen) atoms. The van der Waals surface area contributed by atoms with Gasteiger partial charge in [-0.25, -0.2) is 0 Å². The number of nitrogens with two attached hydrogens (primary N) is 2. The first-order valence-electron chi connectivity index (χ1n) is 13.3. The number of hydrogen-bond acceptors (Lipinski definition) is 4. The molecule has 1 atom stereocenters. The molecule has 0 aliphatic carbocycles. The molecule has 6 heteroatoms. The Morgan fingerprint density at radius 2 is 1.44 bits per heavy atom. The van der Waals surface area contributed by atoms with Gasteiger partial charge in [-0.15, -0.1) is 0 Å². The van der Waals surface area contributed by atoms with Crippen LogP contribution < -0.4 is 22.1 Å². The fourth-order valence-corrected chi connectivity index (χ4v) is 4.78. The first kappa shape index (κ1) is 25.9. The molecule has 0 bridgehead atoms. The van der Waals surface area contributed by atoms with Gasteiger partial charge in [-0.3, -0.25) is 9.36 Å². The lowest BCUT2D eigenvalue weighted by atomic mass is 10.1. The molecule has 1 aromatic heterocycles. The smallest absolute Gasteiger partial charge is 0.0885 e. The number of rotatable bonds is 13. The van der Waals surface area contributed by atoms with Crippen molar-refractivity contribution < 1.29 is 0 Å². The fraction of sp³-hybridized carbons (Fsp3) is 0.400. The summed E-state index contributed by atoms with van der Waals surface area (Å²) in [5.74, 6) is 0. The maximum atomic E-state index is 5.74. The van der Waals surface area contributed by atoms with Crippen LogP contribution in [0, 0.1) is 13.8 Å². The molecule has 4 rings (SSSR count). The summed E-state index contributed by atoms with van der Waals surface area (Å²) in [5, 5.41) is 7.32. The predicted molar refractivity (Wildman–Crippen MR) is 155 cm³/mol. The molecular weight excluding hydrogens is 444 g/mol. The van der Waals surface area contributed by atoms with Crippen molar-refractivity contribution in [1.82, 2.24) is 9.36 Å². The van der Waals surface area contributed by atoms with Gasteiger partial charge in [0.2, 0.25) is 0 Å². The Labute approximate surface area is 215 Å². The van der Waals surface area contributed by atoms with E-state index >= 15 is 0 Å². The summed E-state index contributed by atoms with van der Waals surface area (Å²) in [6.07, 6.45) is 5.44. The third kappa shape index (κ3) is 6.12. The molecule has 0 saturated carbocycles. The van der Waals surface area contributed by atoms with E-state index in [4.69, 9.17) is 11.5 Å². The molecule has 0 spiro atoms. The van der Waals surface area contributed by atoms with E-state index in [1.807, 2.05) is 0 Å². The van der Waals surface area contributed by atoms with Gasteiger partial charge in [0.25, 0.3) is 0 Å². The first-order chi connectivity index (χ1) is 17.5. The van der Waals surface area contributed by atoms with Crippen molar-refractivity contribution in [3.05, 3.63) is 71.8 Å². The number of fused-ring (bicyclic) bond motifs is 1. The number of hydrogen-bond donors (Lipinski definition) is 4. The molecule has 1 heterocycles. The van der Waals surface area contributed by atoms with E-state index in [1.165, 1.54) is 27.8 Å². The Morgan fingerprint density at radius 1 is 0.750 bits per heavy atom. The predicted octanol–water partition coefficient (Wildman–Crippen LogP) is 6.46. The molecule has 0 aliphatic rings. The maximum Gasteiger partial charge on any atom is 0.0885 e. The van der Waals surface area contributed by atoms with Gasteiger partial charge in [0.1, 0.15) is 0 Å². The van der Waals surface area contributed by atoms with Gasteiger partial charge in [0.05, 0.1) is 28.1 Å². The van der Waals surface area contributed by atoms with E-state index in [0.717, 1.165) is 68.8 Å². The van der Waals surface area contributed by atoms with Crippen LogP contribution in [0.3, 0.4) is 0 Å². The van der Waals surface area contributed by atoms with Crippen molar-refractivity contribution in [3.8, 4) is 5.69 Å². The van der Waals surface area contributed by atoms with Crippen LogP contribution in [0.5, 0.6) is 0 Å². The van der Waals surface area contributed by atoms with Crippen molar-refractivity contribution in [3.63, 3.8) is 0 Å². The second-order valence-corrected chi connectivity index (χ2v) is 9.97. The standard InChI is InChI=1S/C30H42N6/c1-22-9-15-27(28(20-22)33-24(3)8-4-5-17-31)34-25-11-13-26(14-12-25)36-29-16-10-23(2)21-30(29)35(36)19-7-6-18-32/h9-16,20-21,24,33-34H,4-8,17-19,31-32H2,1-3H3/t24-/m1/s1. The third-order valence-corrected chi connectivity index (χ3v) is 6.76. The summed E-state index contributed by atoms with van der Waals surface area (Å²) < 4.78 is 4.69. The molecule has 0 amide bonds. The topological polar surface area (TPSA) is 86.0 Å². The van der Waals surface area contributed by atoms with Gasteiger partial charge in [-0.1, -0.05) is 18.6 Å². The van der Waals surface area contributed by atoms with Gasteiger partial charge in [0, 0.05) is 18.3 Å². The molecule has 192 valence electrons. The van der Waals surface area contributed by atoms with Crippen molar-refractivity contribution in [2.45, 2.75) is 65.5 Å². The average molecular weight is 487 g/mol. The number of aromatic nitrogens is 2. The molecule has 3 aromatic carbocycles. The summed E-state index contributed by atoms with van der Waals surface area (Å²) in [4.78, 5) is 0. The second kappa shape index (κ2) is 12.2. The van der Waals surface area contributed by atoms with Crippen LogP contribution in [0.15, 0.2) is 60.7 Å². The Bertz CT molecular complexity index is 1250. The minimum atomic E-state index is 0.390. The maximum absolute atomic E-state index is 5.74. The molecule has 4 aromatic rings. The highest BCUT2D eigenvalue weighted by Gasteiger charge is 2.15. The average Bonchev–Trinajstić information content (AvgIpc) is 2.86. The highest BCUT2D eigenvalue weighted by molar-refractivity contribution is 5.82. The highest BCUT2D eigenvalue weighted by Crippen LogP contribution is 2.30. The van der Waals surface area contributed by atoms with E-state index in [9.17, 15) is 0 Å². The van der Waals surface area contributed by atoms with Crippen LogP contribution in [-0.4, -0.2) is 28.5 Å². The lowest BCUT2D eigenvalue weighted by Gasteiger charge is -2.27. The van der Waals surface area contributed by atoms with E-state index < -0.39 is 0 Å². The molecule has 6 nitrogen and oxygen atoms in total. The summed E-state index contributed by atoms with van der Waals surface area (Å²) in [7, 11) is 0. The van der Waals surface area contributed by atoms with Crippen LogP contribution in [0.2, 0.25) is 0 Å². The normalized spacial score (nSPS) is 12.2. The van der Waals surface area contributed by atoms with E-state index in [1.54, 1.807) is 0 Å². The zero-order chi connectivity index (χ0) is 25.5. The Balaban J connectivity index is 1.52. The molecule has 6 N–H and O–H groups in total. The number of anilines is 3. The fourth-order valence-electron chi connectivity index (χ4n) is 4.78. The second-order valence-electron chi connectivity index (χ2n) is 9.97. The molecular formula is C30H42N6. The van der Waals surface area contributed by atoms with E-state index in [2.05, 4.69) is 101 Å². The van der Waals surface area contributed by atoms with E-state index in [0.29, 0.717) is 6.04 Å². The van der Waals surface area contributed by atoms with Gasteiger partial charge in [0.15, 0.2) is 0 Å². The number of nitrogens with zero attached hydrogens (tertiary/aromatic N) is 2. The molecule has 0 radical (unpaired) electrons. The zero-order valence-electron chi connectivity index (χ0n) is 22.1. The van der Waals surface area contributed by atoms with Crippen LogP contribution >= 0.6 is 0 Å². The Hall–Kier alpha value is -3.22. The molecule has 0 unspecified atom stereocenters. The van der Waals surface area contributed by atoms with Crippen LogP contribution in [0.1, 0.15) is 50.2 Å². The SMILES string of the molecule is Cc1ccc(Nc2ccc(-n3c4ccc(C)cc4n3CCCCN)cc2)c(N[C@H](C)CCCCN)c1. The van der Waals surface area contributed by atoms with Crippen molar-refractivity contribution >= 4 is 28.1 Å². The first-order valence-corrected chi connectivity index (χ1v) is 13.3. The Kier molecular flexibility index (Phi) is 8.73. The van der Waals surface area contributed by atoms with Crippen LogP contribution in [0.25, 0.3) is 16.7 Å². The Morgan fingerprint density at radius 3 is 2.19 bits per heavy atom. The largest absolute Gasteiger partial charge is 0.381 e.